The molecule has 24 heavy (non-hydrogen) atoms. The van der Waals surface area contributed by atoms with Crippen molar-refractivity contribution in [3.8, 4) is 11.1 Å². The molecule has 0 aliphatic heterocycles. The monoisotopic (exact) mass is 316 g/mol. The Balaban J connectivity index is 0.00000169. The van der Waals surface area contributed by atoms with Crippen LogP contribution in [0.25, 0.3) is 11.1 Å². The molecule has 0 radical (unpaired) electrons. The van der Waals surface area contributed by atoms with Gasteiger partial charge in [0.25, 0.3) is 0 Å². The molecule has 3 aromatic rings. The van der Waals surface area contributed by atoms with Gasteiger partial charge in [-0.05, 0) is 18.1 Å². The van der Waals surface area contributed by atoms with Gasteiger partial charge >= 0.3 is 0 Å². The smallest absolute Gasteiger partial charge is 0.195 e. The van der Waals surface area contributed by atoms with E-state index in [1.54, 1.807) is 30.3 Å². The fourth-order valence-corrected chi connectivity index (χ4v) is 3.12. The summed E-state index contributed by atoms with van der Waals surface area (Å²) < 4.78 is 0. The van der Waals surface area contributed by atoms with E-state index in [9.17, 15) is 9.59 Å². The molecule has 2 N–H and O–H groups in total. The van der Waals surface area contributed by atoms with Gasteiger partial charge in [-0.2, -0.15) is 0 Å². The Kier molecular flexibility index (Phi) is 3.87. The van der Waals surface area contributed by atoms with Crippen molar-refractivity contribution in [3.63, 3.8) is 0 Å². The summed E-state index contributed by atoms with van der Waals surface area (Å²) in [6.45, 7) is 2.02. The summed E-state index contributed by atoms with van der Waals surface area (Å²) in [6.07, 6.45) is 0. The minimum Gasteiger partial charge on any atom is -0.412 e. The molecule has 0 saturated carbocycles. The summed E-state index contributed by atoms with van der Waals surface area (Å²) in [7, 11) is 0. The van der Waals surface area contributed by atoms with Crippen molar-refractivity contribution in [3.05, 3.63) is 94.5 Å². The molecule has 118 valence electrons. The Labute approximate surface area is 139 Å². The van der Waals surface area contributed by atoms with E-state index in [0.717, 1.165) is 16.7 Å². The van der Waals surface area contributed by atoms with Crippen molar-refractivity contribution in [2.24, 2.45) is 0 Å². The van der Waals surface area contributed by atoms with E-state index in [2.05, 4.69) is 0 Å². The van der Waals surface area contributed by atoms with Crippen molar-refractivity contribution in [1.82, 2.24) is 0 Å². The third kappa shape index (κ3) is 2.27. The number of aryl methyl sites for hydroxylation is 1. The second-order valence-electron chi connectivity index (χ2n) is 5.80. The largest absolute Gasteiger partial charge is 0.412 e. The van der Waals surface area contributed by atoms with E-state index in [4.69, 9.17) is 0 Å². The summed E-state index contributed by atoms with van der Waals surface area (Å²) in [5, 5.41) is 0. The number of carbonyl (C=O) groups is 2. The summed E-state index contributed by atoms with van der Waals surface area (Å²) in [5.74, 6) is -0.157. The van der Waals surface area contributed by atoms with Gasteiger partial charge in [-0.1, -0.05) is 72.3 Å². The van der Waals surface area contributed by atoms with E-state index >= 15 is 0 Å². The van der Waals surface area contributed by atoms with Gasteiger partial charge in [-0.3, -0.25) is 9.59 Å². The lowest BCUT2D eigenvalue weighted by atomic mass is 9.80. The maximum Gasteiger partial charge on any atom is 0.195 e. The molecule has 0 bridgehead atoms. The highest BCUT2D eigenvalue weighted by Gasteiger charge is 2.31. The minimum absolute atomic E-state index is 0. The average molecular weight is 316 g/mol. The molecule has 1 aliphatic rings. The van der Waals surface area contributed by atoms with Crippen LogP contribution in [0.15, 0.2) is 66.7 Å². The molecular weight excluding hydrogens is 300 g/mol. The van der Waals surface area contributed by atoms with Gasteiger partial charge in [-0.25, -0.2) is 0 Å². The third-order valence-electron chi connectivity index (χ3n) is 4.32. The number of benzene rings is 3. The van der Waals surface area contributed by atoms with Crippen molar-refractivity contribution >= 4 is 11.6 Å². The molecule has 4 rings (SSSR count). The maximum atomic E-state index is 13.0. The number of hydrogen-bond donors (Lipinski definition) is 0. The highest BCUT2D eigenvalue weighted by molar-refractivity contribution is 6.30. The molecule has 3 aromatic carbocycles. The highest BCUT2D eigenvalue weighted by atomic mass is 16.1. The van der Waals surface area contributed by atoms with Crippen molar-refractivity contribution in [1.29, 1.82) is 0 Å². The van der Waals surface area contributed by atoms with Crippen LogP contribution in [0, 0.1) is 6.92 Å². The first-order valence-electron chi connectivity index (χ1n) is 7.55. The van der Waals surface area contributed by atoms with Gasteiger partial charge in [0.05, 0.1) is 0 Å². The number of ketones is 2. The van der Waals surface area contributed by atoms with Gasteiger partial charge in [0.1, 0.15) is 0 Å². The summed E-state index contributed by atoms with van der Waals surface area (Å²) in [5.41, 5.74) is 4.91. The van der Waals surface area contributed by atoms with Crippen LogP contribution in [0.1, 0.15) is 37.4 Å². The van der Waals surface area contributed by atoms with Crippen LogP contribution in [-0.2, 0) is 0 Å². The molecule has 0 fully saturated rings. The molecule has 1 aliphatic carbocycles. The first-order valence-corrected chi connectivity index (χ1v) is 7.55. The zero-order chi connectivity index (χ0) is 16.0. The fourth-order valence-electron chi connectivity index (χ4n) is 3.12. The van der Waals surface area contributed by atoms with Crippen LogP contribution in [-0.4, -0.2) is 17.0 Å². The molecule has 3 nitrogen and oxygen atoms in total. The molecule has 0 amide bonds. The molecule has 0 atom stereocenters. The Morgan fingerprint density at radius 1 is 0.583 bits per heavy atom. The van der Waals surface area contributed by atoms with E-state index in [1.807, 2.05) is 43.3 Å². The van der Waals surface area contributed by atoms with Crippen LogP contribution in [0.4, 0.5) is 0 Å². The lowest BCUT2D eigenvalue weighted by Gasteiger charge is -2.20. The number of hydrogen-bond acceptors (Lipinski definition) is 2. The second-order valence-corrected chi connectivity index (χ2v) is 5.80. The van der Waals surface area contributed by atoms with Crippen LogP contribution in [0.5, 0.6) is 0 Å². The molecular formula is C21H16O3. The first-order chi connectivity index (χ1) is 11.2. The standard InChI is InChI=1S/C21H14O2.H2O/c1-13-9-11-14(12-10-13)15-7-4-8-18-19(15)21(23)17-6-3-2-5-16(17)20(18)22;/h2-12H,1H3;1H2. The fraction of sp³-hybridized carbons (Fsp3) is 0.0476. The van der Waals surface area contributed by atoms with Crippen molar-refractivity contribution < 1.29 is 15.1 Å². The SMILES string of the molecule is Cc1ccc(-c2cccc3c2C(=O)c2ccccc2C3=O)cc1.O. The van der Waals surface area contributed by atoms with Gasteiger partial charge in [0, 0.05) is 22.3 Å². The normalized spacial score (nSPS) is 12.2. The second kappa shape index (κ2) is 5.87. The summed E-state index contributed by atoms with van der Waals surface area (Å²) >= 11 is 0. The van der Waals surface area contributed by atoms with E-state index in [0.29, 0.717) is 22.3 Å². The summed E-state index contributed by atoms with van der Waals surface area (Å²) in [6, 6.07) is 20.5. The van der Waals surface area contributed by atoms with Gasteiger partial charge < -0.3 is 5.48 Å². The Morgan fingerprint density at radius 2 is 1.12 bits per heavy atom. The Bertz CT molecular complexity index is 953. The number of rotatable bonds is 1. The predicted octanol–water partition coefficient (Wildman–Crippen LogP) is 3.61. The molecule has 0 aromatic heterocycles. The maximum absolute atomic E-state index is 13.0. The quantitative estimate of drug-likeness (QED) is 0.538. The Morgan fingerprint density at radius 3 is 1.79 bits per heavy atom. The molecule has 3 heteroatoms. The minimum atomic E-state index is -0.0795. The van der Waals surface area contributed by atoms with Crippen LogP contribution < -0.4 is 0 Å². The van der Waals surface area contributed by atoms with Crippen LogP contribution >= 0.6 is 0 Å². The van der Waals surface area contributed by atoms with Gasteiger partial charge in [0.15, 0.2) is 11.6 Å². The van der Waals surface area contributed by atoms with E-state index in [1.165, 1.54) is 0 Å². The van der Waals surface area contributed by atoms with Crippen LogP contribution in [0.2, 0.25) is 0 Å². The van der Waals surface area contributed by atoms with Gasteiger partial charge in [0.2, 0.25) is 0 Å². The van der Waals surface area contributed by atoms with E-state index in [-0.39, 0.29) is 17.0 Å². The molecule has 0 saturated heterocycles. The van der Waals surface area contributed by atoms with Crippen molar-refractivity contribution in [2.45, 2.75) is 6.92 Å². The number of fused-ring (bicyclic) bond motifs is 2. The Hall–Kier alpha value is -3.04. The average Bonchev–Trinajstić information content (AvgIpc) is 2.60. The lowest BCUT2D eigenvalue weighted by molar-refractivity contribution is 0.0979. The first kappa shape index (κ1) is 15.8. The van der Waals surface area contributed by atoms with E-state index < -0.39 is 0 Å². The predicted molar refractivity (Wildman–Crippen MR) is 93.5 cm³/mol. The lowest BCUT2D eigenvalue weighted by Crippen LogP contribution is -2.21. The zero-order valence-corrected chi connectivity index (χ0v) is 13.2. The molecule has 0 spiro atoms. The van der Waals surface area contributed by atoms with Gasteiger partial charge in [-0.15, -0.1) is 0 Å². The topological polar surface area (TPSA) is 65.6 Å². The summed E-state index contributed by atoms with van der Waals surface area (Å²) in [4.78, 5) is 25.7. The zero-order valence-electron chi connectivity index (χ0n) is 13.2. The number of carbonyl (C=O) groups excluding carboxylic acids is 2. The molecule has 0 heterocycles. The highest BCUT2D eigenvalue weighted by Crippen LogP contribution is 2.34. The van der Waals surface area contributed by atoms with Crippen LogP contribution in [0.3, 0.4) is 0 Å². The molecule has 0 unspecified atom stereocenters. The third-order valence-corrected chi connectivity index (χ3v) is 4.32. The van der Waals surface area contributed by atoms with Crippen molar-refractivity contribution in [2.75, 3.05) is 0 Å².